The predicted octanol–water partition coefficient (Wildman–Crippen LogP) is 4.76. The summed E-state index contributed by atoms with van der Waals surface area (Å²) in [6.45, 7) is 4.75. The Morgan fingerprint density at radius 1 is 1.06 bits per heavy atom. The SMILES string of the molecule is CCCCOc1ccc(-c2cc(C(=O)NC(C)c3ccc(OC)c(OC)c3)[nH]n2)cc1. The minimum atomic E-state index is -0.236. The number of carbonyl (C=O) groups is 1. The lowest BCUT2D eigenvalue weighted by Crippen LogP contribution is -2.27. The Kier molecular flexibility index (Phi) is 7.54. The molecule has 0 saturated heterocycles. The standard InChI is InChI=1S/C24H29N3O4/c1-5-6-13-31-19-10-7-17(8-11-19)20-15-21(27-26-20)24(28)25-16(2)18-9-12-22(29-3)23(14-18)30-4/h7-12,14-16H,5-6,13H2,1-4H3,(H,25,28)(H,26,27). The number of methoxy groups -OCH3 is 2. The number of benzene rings is 2. The third-order valence-corrected chi connectivity index (χ3v) is 4.99. The number of aromatic nitrogens is 2. The molecule has 0 aliphatic heterocycles. The monoisotopic (exact) mass is 423 g/mol. The highest BCUT2D eigenvalue weighted by molar-refractivity contribution is 5.93. The van der Waals surface area contributed by atoms with Crippen molar-refractivity contribution in [3.8, 4) is 28.5 Å². The van der Waals surface area contributed by atoms with Crippen molar-refractivity contribution in [2.24, 2.45) is 0 Å². The van der Waals surface area contributed by atoms with Gasteiger partial charge in [-0.25, -0.2) is 0 Å². The molecule has 1 aromatic heterocycles. The van der Waals surface area contributed by atoms with Crippen LogP contribution in [0.1, 0.15) is 48.8 Å². The van der Waals surface area contributed by atoms with Crippen LogP contribution in [0.2, 0.25) is 0 Å². The number of hydrogen-bond acceptors (Lipinski definition) is 5. The number of nitrogens with one attached hydrogen (secondary N) is 2. The molecule has 3 rings (SSSR count). The van der Waals surface area contributed by atoms with Gasteiger partial charge in [0.15, 0.2) is 11.5 Å². The molecule has 0 aliphatic rings. The second kappa shape index (κ2) is 10.5. The molecule has 31 heavy (non-hydrogen) atoms. The van der Waals surface area contributed by atoms with E-state index in [1.165, 1.54) is 0 Å². The van der Waals surface area contributed by atoms with Gasteiger partial charge in [0.2, 0.25) is 0 Å². The van der Waals surface area contributed by atoms with E-state index in [0.717, 1.165) is 29.7 Å². The van der Waals surface area contributed by atoms with Crippen molar-refractivity contribution >= 4 is 5.91 Å². The summed E-state index contributed by atoms with van der Waals surface area (Å²) >= 11 is 0. The van der Waals surface area contributed by atoms with Crippen LogP contribution in [0, 0.1) is 0 Å². The maximum absolute atomic E-state index is 12.7. The van der Waals surface area contributed by atoms with Crippen molar-refractivity contribution in [3.05, 3.63) is 59.8 Å². The van der Waals surface area contributed by atoms with Crippen molar-refractivity contribution in [2.75, 3.05) is 20.8 Å². The summed E-state index contributed by atoms with van der Waals surface area (Å²) < 4.78 is 16.3. The van der Waals surface area contributed by atoms with Crippen molar-refractivity contribution < 1.29 is 19.0 Å². The molecule has 1 unspecified atom stereocenters. The Balaban J connectivity index is 1.64. The molecular formula is C24H29N3O4. The molecule has 0 saturated carbocycles. The minimum absolute atomic E-state index is 0.224. The van der Waals surface area contributed by atoms with E-state index in [-0.39, 0.29) is 11.9 Å². The van der Waals surface area contributed by atoms with Crippen LogP contribution in [-0.4, -0.2) is 36.9 Å². The highest BCUT2D eigenvalue weighted by Gasteiger charge is 2.16. The lowest BCUT2D eigenvalue weighted by atomic mass is 10.1. The fraction of sp³-hybridized carbons (Fsp3) is 0.333. The molecule has 1 atom stereocenters. The third-order valence-electron chi connectivity index (χ3n) is 4.99. The van der Waals surface area contributed by atoms with Crippen LogP contribution in [-0.2, 0) is 0 Å². The Hall–Kier alpha value is -3.48. The van der Waals surface area contributed by atoms with Gasteiger partial charge in [0.1, 0.15) is 11.4 Å². The van der Waals surface area contributed by atoms with Crippen LogP contribution in [0.3, 0.4) is 0 Å². The van der Waals surface area contributed by atoms with Crippen molar-refractivity contribution in [2.45, 2.75) is 32.7 Å². The maximum Gasteiger partial charge on any atom is 0.269 e. The second-order valence-corrected chi connectivity index (χ2v) is 7.20. The van der Waals surface area contributed by atoms with Gasteiger partial charge in [0.05, 0.1) is 32.6 Å². The summed E-state index contributed by atoms with van der Waals surface area (Å²) in [5.74, 6) is 1.85. The Morgan fingerprint density at radius 2 is 1.81 bits per heavy atom. The van der Waals surface area contributed by atoms with E-state index < -0.39 is 0 Å². The van der Waals surface area contributed by atoms with Gasteiger partial charge in [-0.2, -0.15) is 5.10 Å². The zero-order valence-corrected chi connectivity index (χ0v) is 18.4. The molecule has 164 valence electrons. The average Bonchev–Trinajstić information content (AvgIpc) is 3.29. The normalized spacial score (nSPS) is 11.6. The molecule has 2 N–H and O–H groups in total. The second-order valence-electron chi connectivity index (χ2n) is 7.20. The lowest BCUT2D eigenvalue weighted by Gasteiger charge is -2.16. The van der Waals surface area contributed by atoms with Gasteiger partial charge in [0.25, 0.3) is 5.91 Å². The summed E-state index contributed by atoms with van der Waals surface area (Å²) in [5.41, 5.74) is 2.91. The fourth-order valence-electron chi connectivity index (χ4n) is 3.12. The van der Waals surface area contributed by atoms with E-state index >= 15 is 0 Å². The molecule has 3 aromatic rings. The predicted molar refractivity (Wildman–Crippen MR) is 120 cm³/mol. The number of rotatable bonds is 10. The van der Waals surface area contributed by atoms with Crippen LogP contribution >= 0.6 is 0 Å². The number of nitrogens with zero attached hydrogens (tertiary/aromatic N) is 1. The lowest BCUT2D eigenvalue weighted by molar-refractivity contribution is 0.0934. The van der Waals surface area contributed by atoms with E-state index in [1.807, 2.05) is 49.4 Å². The van der Waals surface area contributed by atoms with Crippen LogP contribution < -0.4 is 19.5 Å². The largest absolute Gasteiger partial charge is 0.494 e. The molecule has 7 heteroatoms. The number of amides is 1. The van der Waals surface area contributed by atoms with Crippen LogP contribution in [0.25, 0.3) is 11.3 Å². The molecule has 0 fully saturated rings. The van der Waals surface area contributed by atoms with Crippen molar-refractivity contribution in [1.29, 1.82) is 0 Å². The number of ether oxygens (including phenoxy) is 3. The van der Waals surface area contributed by atoms with E-state index in [2.05, 4.69) is 22.4 Å². The van der Waals surface area contributed by atoms with E-state index in [0.29, 0.717) is 29.5 Å². The van der Waals surface area contributed by atoms with Crippen LogP contribution in [0.15, 0.2) is 48.5 Å². The first-order valence-corrected chi connectivity index (χ1v) is 10.4. The first-order valence-electron chi connectivity index (χ1n) is 10.4. The summed E-state index contributed by atoms with van der Waals surface area (Å²) in [7, 11) is 3.17. The quantitative estimate of drug-likeness (QED) is 0.459. The molecule has 0 aliphatic carbocycles. The molecule has 1 amide bonds. The van der Waals surface area contributed by atoms with Crippen LogP contribution in [0.4, 0.5) is 0 Å². The number of aromatic amines is 1. The smallest absolute Gasteiger partial charge is 0.269 e. The Labute approximate surface area is 182 Å². The van der Waals surface area contributed by atoms with Gasteiger partial charge < -0.3 is 19.5 Å². The summed E-state index contributed by atoms with van der Waals surface area (Å²) in [6.07, 6.45) is 2.13. The number of carbonyl (C=O) groups excluding carboxylic acids is 1. The summed E-state index contributed by atoms with van der Waals surface area (Å²) in [5, 5.41) is 10.1. The van der Waals surface area contributed by atoms with E-state index in [1.54, 1.807) is 20.3 Å². The zero-order valence-electron chi connectivity index (χ0n) is 18.4. The third kappa shape index (κ3) is 5.57. The first kappa shape index (κ1) is 22.2. The molecule has 2 aromatic carbocycles. The van der Waals surface area contributed by atoms with Gasteiger partial charge in [-0.3, -0.25) is 9.89 Å². The molecule has 0 radical (unpaired) electrons. The molecule has 7 nitrogen and oxygen atoms in total. The molecule has 1 heterocycles. The van der Waals surface area contributed by atoms with Crippen LogP contribution in [0.5, 0.6) is 17.2 Å². The zero-order chi connectivity index (χ0) is 22.2. The first-order chi connectivity index (χ1) is 15.0. The maximum atomic E-state index is 12.7. The van der Waals surface area contributed by atoms with Gasteiger partial charge in [-0.1, -0.05) is 19.4 Å². The number of unbranched alkanes of at least 4 members (excludes halogenated alkanes) is 1. The number of H-pyrrole nitrogens is 1. The Bertz CT molecular complexity index is 998. The van der Waals surface area contributed by atoms with E-state index in [4.69, 9.17) is 14.2 Å². The summed E-state index contributed by atoms with van der Waals surface area (Å²) in [4.78, 5) is 12.7. The minimum Gasteiger partial charge on any atom is -0.494 e. The Morgan fingerprint density at radius 3 is 2.48 bits per heavy atom. The van der Waals surface area contributed by atoms with Gasteiger partial charge in [-0.05, 0) is 61.4 Å². The van der Waals surface area contributed by atoms with Gasteiger partial charge in [-0.15, -0.1) is 0 Å². The van der Waals surface area contributed by atoms with Gasteiger partial charge >= 0.3 is 0 Å². The highest BCUT2D eigenvalue weighted by Crippen LogP contribution is 2.30. The fourth-order valence-corrected chi connectivity index (χ4v) is 3.12. The highest BCUT2D eigenvalue weighted by atomic mass is 16.5. The van der Waals surface area contributed by atoms with E-state index in [9.17, 15) is 4.79 Å². The molecular weight excluding hydrogens is 394 g/mol. The molecule has 0 bridgehead atoms. The number of hydrogen-bond donors (Lipinski definition) is 2. The average molecular weight is 424 g/mol. The summed E-state index contributed by atoms with van der Waals surface area (Å²) in [6, 6.07) is 14.8. The van der Waals surface area contributed by atoms with Gasteiger partial charge in [0, 0.05) is 5.56 Å². The van der Waals surface area contributed by atoms with Crippen molar-refractivity contribution in [1.82, 2.24) is 15.5 Å². The van der Waals surface area contributed by atoms with Crippen molar-refractivity contribution in [3.63, 3.8) is 0 Å². The topological polar surface area (TPSA) is 85.5 Å². The molecule has 0 spiro atoms.